The number of carbonyl (C=O) groups is 1. The lowest BCUT2D eigenvalue weighted by molar-refractivity contribution is -0.144. The van der Waals surface area contributed by atoms with Crippen LogP contribution in [0.1, 0.15) is 19.3 Å². The summed E-state index contributed by atoms with van der Waals surface area (Å²) in [7, 11) is 0. The fraction of sp³-hybridized carbons (Fsp3) is 0.727. The number of primary amides is 1. The molecule has 0 bridgehead atoms. The molecular weight excluding hydrogens is 275 g/mol. The molecule has 112 valence electrons. The Kier molecular flexibility index (Phi) is 2.96. The lowest BCUT2D eigenvalue weighted by Crippen LogP contribution is -2.53. The number of nitrogens with one attached hydrogen (secondary N) is 3. The number of halogens is 3. The minimum Gasteiger partial charge on any atom is -0.350 e. The molecule has 0 radical (unpaired) electrons. The lowest BCUT2D eigenvalue weighted by Gasteiger charge is -2.37. The Morgan fingerprint density at radius 1 is 1.45 bits per heavy atom. The molecule has 3 rings (SSSR count). The third kappa shape index (κ3) is 1.88. The first-order valence-corrected chi connectivity index (χ1v) is 6.45. The van der Waals surface area contributed by atoms with Crippen molar-refractivity contribution in [2.24, 2.45) is 11.1 Å². The first-order chi connectivity index (χ1) is 9.34. The Bertz CT molecular complexity index is 454. The molecule has 20 heavy (non-hydrogen) atoms. The summed E-state index contributed by atoms with van der Waals surface area (Å²) in [6, 6.07) is -1.89. The third-order valence-corrected chi connectivity index (χ3v) is 4.33. The van der Waals surface area contributed by atoms with E-state index in [9.17, 15) is 18.0 Å². The fourth-order valence-corrected chi connectivity index (χ4v) is 3.54. The lowest BCUT2D eigenvalue weighted by atomic mass is 9.69. The summed E-state index contributed by atoms with van der Waals surface area (Å²) in [6.45, 7) is 0. The second-order valence-electron chi connectivity index (χ2n) is 5.43. The Hall–Kier alpha value is -1.32. The molecule has 2 fully saturated rings. The van der Waals surface area contributed by atoms with Crippen LogP contribution in [0.4, 0.5) is 18.0 Å². The van der Waals surface area contributed by atoms with Crippen molar-refractivity contribution in [3.8, 4) is 0 Å². The van der Waals surface area contributed by atoms with Crippen LogP contribution in [0.5, 0.6) is 0 Å². The van der Waals surface area contributed by atoms with E-state index in [1.165, 1.54) is 0 Å². The maximum Gasteiger partial charge on any atom is 0.390 e. The zero-order valence-electron chi connectivity index (χ0n) is 10.6. The number of urea groups is 1. The number of allylic oxidation sites excluding steroid dienone is 1. The van der Waals surface area contributed by atoms with E-state index in [0.717, 1.165) is 11.4 Å². The van der Waals surface area contributed by atoms with Crippen molar-refractivity contribution >= 4 is 6.03 Å². The van der Waals surface area contributed by atoms with Crippen LogP contribution in [0.15, 0.2) is 12.2 Å². The Morgan fingerprint density at radius 3 is 2.85 bits per heavy atom. The normalized spacial score (nSPS) is 39.8. The molecule has 1 aliphatic carbocycles. The molecule has 1 spiro atoms. The number of hydrazine groups is 2. The van der Waals surface area contributed by atoms with Crippen molar-refractivity contribution in [3.05, 3.63) is 12.2 Å². The molecule has 2 aliphatic heterocycles. The first-order valence-electron chi connectivity index (χ1n) is 6.45. The molecule has 9 heteroatoms. The number of amides is 2. The van der Waals surface area contributed by atoms with Crippen LogP contribution >= 0.6 is 0 Å². The number of hydrogen-bond donors (Lipinski definition) is 4. The van der Waals surface area contributed by atoms with Crippen molar-refractivity contribution in [3.63, 3.8) is 0 Å². The molecule has 2 heterocycles. The molecule has 4 unspecified atom stereocenters. The summed E-state index contributed by atoms with van der Waals surface area (Å²) < 4.78 is 38.4. The summed E-state index contributed by atoms with van der Waals surface area (Å²) in [4.78, 5) is 11.4. The fourth-order valence-electron chi connectivity index (χ4n) is 3.54. The summed E-state index contributed by atoms with van der Waals surface area (Å²) >= 11 is 0. The van der Waals surface area contributed by atoms with Crippen molar-refractivity contribution in [2.75, 3.05) is 0 Å². The van der Waals surface area contributed by atoms with Gasteiger partial charge in [-0.25, -0.2) is 20.7 Å². The number of nitrogens with zero attached hydrogens (tertiary/aromatic N) is 1. The van der Waals surface area contributed by atoms with Gasteiger partial charge in [-0.3, -0.25) is 5.43 Å². The zero-order valence-corrected chi connectivity index (χ0v) is 10.6. The second kappa shape index (κ2) is 4.34. The molecule has 5 N–H and O–H groups in total. The van der Waals surface area contributed by atoms with Crippen molar-refractivity contribution in [1.29, 1.82) is 0 Å². The SMILES string of the molecule is NC(=O)N1NC(CC(F)(F)F)C23C=CCCC2NNC13. The van der Waals surface area contributed by atoms with Crippen LogP contribution in [0.2, 0.25) is 0 Å². The van der Waals surface area contributed by atoms with Gasteiger partial charge in [0.2, 0.25) is 0 Å². The summed E-state index contributed by atoms with van der Waals surface area (Å²) in [5, 5.41) is 1.05. The monoisotopic (exact) mass is 291 g/mol. The number of rotatable bonds is 1. The van der Waals surface area contributed by atoms with Crippen molar-refractivity contribution < 1.29 is 18.0 Å². The molecule has 0 aromatic carbocycles. The van der Waals surface area contributed by atoms with E-state index in [1.807, 2.05) is 6.08 Å². The largest absolute Gasteiger partial charge is 0.390 e. The summed E-state index contributed by atoms with van der Waals surface area (Å²) in [5.74, 6) is 0. The van der Waals surface area contributed by atoms with Gasteiger partial charge in [0.1, 0.15) is 6.17 Å². The van der Waals surface area contributed by atoms with Gasteiger partial charge in [-0.15, -0.1) is 0 Å². The smallest absolute Gasteiger partial charge is 0.350 e. The highest BCUT2D eigenvalue weighted by atomic mass is 19.4. The minimum absolute atomic E-state index is 0.165. The highest BCUT2D eigenvalue weighted by Gasteiger charge is 2.63. The van der Waals surface area contributed by atoms with Gasteiger partial charge in [0.05, 0.1) is 11.8 Å². The van der Waals surface area contributed by atoms with Gasteiger partial charge in [-0.1, -0.05) is 12.2 Å². The summed E-state index contributed by atoms with van der Waals surface area (Å²) in [5.41, 5.74) is 12.9. The number of carbonyl (C=O) groups excluding carboxylic acids is 1. The summed E-state index contributed by atoms with van der Waals surface area (Å²) in [6.07, 6.45) is -0.792. The van der Waals surface area contributed by atoms with E-state index in [0.29, 0.717) is 6.42 Å². The number of alkyl halides is 3. The molecule has 0 saturated carbocycles. The van der Waals surface area contributed by atoms with E-state index in [-0.39, 0.29) is 6.04 Å². The van der Waals surface area contributed by atoms with Gasteiger partial charge < -0.3 is 5.73 Å². The quantitative estimate of drug-likeness (QED) is 0.525. The molecule has 6 nitrogen and oxygen atoms in total. The Labute approximate surface area is 113 Å². The van der Waals surface area contributed by atoms with Crippen molar-refractivity contribution in [2.45, 2.75) is 43.7 Å². The van der Waals surface area contributed by atoms with Crippen LogP contribution < -0.4 is 22.0 Å². The van der Waals surface area contributed by atoms with E-state index in [4.69, 9.17) is 5.73 Å². The van der Waals surface area contributed by atoms with Crippen LogP contribution in [0.3, 0.4) is 0 Å². The number of nitrogens with two attached hydrogens (primary N) is 1. The predicted octanol–water partition coefficient (Wildman–Crippen LogP) is 0.345. The van der Waals surface area contributed by atoms with E-state index in [2.05, 4.69) is 16.3 Å². The van der Waals surface area contributed by atoms with Gasteiger partial charge in [0.25, 0.3) is 0 Å². The van der Waals surface area contributed by atoms with E-state index < -0.39 is 36.3 Å². The average Bonchev–Trinajstić information content (AvgIpc) is 2.83. The molecule has 2 amide bonds. The topological polar surface area (TPSA) is 82.4 Å². The van der Waals surface area contributed by atoms with E-state index >= 15 is 0 Å². The third-order valence-electron chi connectivity index (χ3n) is 4.33. The molecular formula is C11H16F3N5O. The van der Waals surface area contributed by atoms with Crippen LogP contribution in [-0.4, -0.2) is 35.5 Å². The molecule has 0 aromatic heterocycles. The first kappa shape index (κ1) is 13.7. The Morgan fingerprint density at radius 2 is 2.20 bits per heavy atom. The molecule has 2 saturated heterocycles. The van der Waals surface area contributed by atoms with Gasteiger partial charge in [0.15, 0.2) is 0 Å². The minimum atomic E-state index is -4.32. The maximum absolute atomic E-state index is 12.8. The van der Waals surface area contributed by atoms with Crippen LogP contribution in [0, 0.1) is 5.41 Å². The molecule has 0 aromatic rings. The average molecular weight is 291 g/mol. The van der Waals surface area contributed by atoms with Crippen LogP contribution in [-0.2, 0) is 0 Å². The standard InChI is InChI=1S/C11H16F3N5O/c12-11(13,14)5-7-10-4-2-1-3-6(10)16-17-8(10)19(18-7)9(15)20/h2,4,6-8,16-18H,1,3,5H2,(H2,15,20). The van der Waals surface area contributed by atoms with Crippen molar-refractivity contribution in [1.82, 2.24) is 21.3 Å². The number of hydrogen-bond acceptors (Lipinski definition) is 4. The zero-order chi connectivity index (χ0) is 14.5. The molecule has 4 atom stereocenters. The highest BCUT2D eigenvalue weighted by molar-refractivity contribution is 5.72. The second-order valence-corrected chi connectivity index (χ2v) is 5.43. The predicted molar refractivity (Wildman–Crippen MR) is 63.7 cm³/mol. The van der Waals surface area contributed by atoms with E-state index in [1.54, 1.807) is 6.08 Å². The van der Waals surface area contributed by atoms with Gasteiger partial charge in [-0.05, 0) is 12.8 Å². The maximum atomic E-state index is 12.8. The Balaban J connectivity index is 1.98. The molecule has 3 aliphatic rings. The van der Waals surface area contributed by atoms with Gasteiger partial charge in [-0.2, -0.15) is 13.2 Å². The van der Waals surface area contributed by atoms with Gasteiger partial charge in [0, 0.05) is 12.1 Å². The van der Waals surface area contributed by atoms with Crippen LogP contribution in [0.25, 0.3) is 0 Å². The van der Waals surface area contributed by atoms with Gasteiger partial charge >= 0.3 is 12.2 Å². The highest BCUT2D eigenvalue weighted by Crippen LogP contribution is 2.48.